The van der Waals surface area contributed by atoms with Crippen LogP contribution in [-0.4, -0.2) is 10.9 Å². The molecule has 0 atom stereocenters. The lowest BCUT2D eigenvalue weighted by Crippen LogP contribution is -2.12. The number of carbonyl (C=O) groups is 1. The number of pyridine rings is 1. The molecule has 0 unspecified atom stereocenters. The molecule has 2 heterocycles. The number of anilines is 1. The molecule has 0 fully saturated rings. The van der Waals surface area contributed by atoms with Crippen LogP contribution in [0, 0.1) is 6.92 Å². The first-order chi connectivity index (χ1) is 8.60. The molecule has 0 radical (unpaired) electrons. The molecule has 2 rings (SSSR count). The zero-order chi connectivity index (χ0) is 13.1. The van der Waals surface area contributed by atoms with Gasteiger partial charge in [-0.3, -0.25) is 4.79 Å². The summed E-state index contributed by atoms with van der Waals surface area (Å²) in [5, 5.41) is 2.66. The lowest BCUT2D eigenvalue weighted by Gasteiger charge is -2.04. The number of amides is 1. The van der Waals surface area contributed by atoms with Gasteiger partial charge in [0, 0.05) is 10.7 Å². The Morgan fingerprint density at radius 1 is 1.56 bits per heavy atom. The molecule has 0 aromatic carbocycles. The van der Waals surface area contributed by atoms with Crippen LogP contribution < -0.4 is 11.1 Å². The minimum Gasteiger partial charge on any atom is -0.455 e. The number of nitrogens with two attached hydrogens (primary N) is 1. The van der Waals surface area contributed by atoms with E-state index in [1.807, 2.05) is 6.92 Å². The summed E-state index contributed by atoms with van der Waals surface area (Å²) in [5.74, 6) is 0.924. The zero-order valence-corrected chi connectivity index (χ0v) is 11.3. The van der Waals surface area contributed by atoms with Crippen LogP contribution in [0.4, 0.5) is 5.82 Å². The highest BCUT2D eigenvalue weighted by Gasteiger charge is 2.11. The van der Waals surface area contributed by atoms with Gasteiger partial charge in [-0.15, -0.1) is 0 Å². The molecule has 0 saturated carbocycles. The highest BCUT2D eigenvalue weighted by atomic mass is 79.9. The van der Waals surface area contributed by atoms with E-state index in [0.717, 1.165) is 10.0 Å². The third-order valence-electron chi connectivity index (χ3n) is 2.38. The molecular weight excluding hydrogens is 298 g/mol. The first kappa shape index (κ1) is 12.8. The first-order valence-electron chi connectivity index (χ1n) is 5.32. The van der Waals surface area contributed by atoms with Crippen LogP contribution in [0.5, 0.6) is 0 Å². The van der Waals surface area contributed by atoms with E-state index in [1.54, 1.807) is 24.4 Å². The number of nitrogens with zero attached hydrogens (tertiary/aromatic N) is 1. The van der Waals surface area contributed by atoms with Crippen LogP contribution in [0.15, 0.2) is 33.3 Å². The van der Waals surface area contributed by atoms with Crippen molar-refractivity contribution in [3.8, 4) is 0 Å². The molecular formula is C12H12BrN3O2. The predicted molar refractivity (Wildman–Crippen MR) is 71.2 cm³/mol. The lowest BCUT2D eigenvalue weighted by atomic mass is 10.3. The van der Waals surface area contributed by atoms with E-state index in [2.05, 4.69) is 26.2 Å². The van der Waals surface area contributed by atoms with Crippen LogP contribution >= 0.6 is 15.9 Å². The van der Waals surface area contributed by atoms with Crippen molar-refractivity contribution in [2.45, 2.75) is 13.5 Å². The number of furan rings is 1. The van der Waals surface area contributed by atoms with Crippen LogP contribution in [-0.2, 0) is 6.54 Å². The van der Waals surface area contributed by atoms with Crippen LogP contribution in [0.2, 0.25) is 0 Å². The fourth-order valence-corrected chi connectivity index (χ4v) is 1.61. The average Bonchev–Trinajstić information content (AvgIpc) is 2.82. The summed E-state index contributed by atoms with van der Waals surface area (Å²) in [5.41, 5.74) is 6.40. The first-order valence-corrected chi connectivity index (χ1v) is 6.11. The van der Waals surface area contributed by atoms with Crippen molar-refractivity contribution in [1.82, 2.24) is 4.98 Å². The molecule has 6 heteroatoms. The summed E-state index contributed by atoms with van der Waals surface area (Å²) in [6.07, 6.45) is 1.64. The number of rotatable bonds is 3. The van der Waals surface area contributed by atoms with Gasteiger partial charge in [-0.25, -0.2) is 4.98 Å². The Labute approximate surface area is 113 Å². The van der Waals surface area contributed by atoms with Gasteiger partial charge in [0.2, 0.25) is 0 Å². The van der Waals surface area contributed by atoms with E-state index in [1.165, 1.54) is 0 Å². The largest absolute Gasteiger partial charge is 0.455 e. The molecule has 2 aromatic rings. The molecule has 3 N–H and O–H groups in total. The average molecular weight is 310 g/mol. The Morgan fingerprint density at radius 3 is 2.94 bits per heavy atom. The molecule has 0 bridgehead atoms. The zero-order valence-electron chi connectivity index (χ0n) is 9.74. The van der Waals surface area contributed by atoms with Crippen molar-refractivity contribution in [2.75, 3.05) is 5.32 Å². The standard InChI is InChI=1S/C12H12BrN3O2/c1-7-4-11(15-6-9(7)13)16-12(17)10-3-2-8(5-14)18-10/h2-4,6H,5,14H2,1H3,(H,15,16,17). The Kier molecular flexibility index (Phi) is 3.78. The predicted octanol–water partition coefficient (Wildman–Crippen LogP) is 2.46. The van der Waals surface area contributed by atoms with Gasteiger partial charge >= 0.3 is 0 Å². The normalized spacial score (nSPS) is 10.4. The lowest BCUT2D eigenvalue weighted by molar-refractivity contribution is 0.0994. The highest BCUT2D eigenvalue weighted by molar-refractivity contribution is 9.10. The number of nitrogens with one attached hydrogen (secondary N) is 1. The maximum atomic E-state index is 11.8. The van der Waals surface area contributed by atoms with Gasteiger partial charge in [0.15, 0.2) is 5.76 Å². The van der Waals surface area contributed by atoms with Gasteiger partial charge in [-0.05, 0) is 46.6 Å². The second-order valence-electron chi connectivity index (χ2n) is 3.74. The second-order valence-corrected chi connectivity index (χ2v) is 4.60. The van der Waals surface area contributed by atoms with Crippen LogP contribution in [0.3, 0.4) is 0 Å². The number of aryl methyl sites for hydroxylation is 1. The molecule has 94 valence electrons. The molecule has 0 spiro atoms. The summed E-state index contributed by atoms with van der Waals surface area (Å²) in [6.45, 7) is 2.18. The number of halogens is 1. The summed E-state index contributed by atoms with van der Waals surface area (Å²) < 4.78 is 6.14. The van der Waals surface area contributed by atoms with Crippen LogP contribution in [0.25, 0.3) is 0 Å². The Morgan fingerprint density at radius 2 is 2.33 bits per heavy atom. The van der Waals surface area contributed by atoms with E-state index in [9.17, 15) is 4.79 Å². The minimum absolute atomic E-state index is 0.220. The number of carbonyl (C=O) groups excluding carboxylic acids is 1. The molecule has 1 amide bonds. The SMILES string of the molecule is Cc1cc(NC(=O)c2ccc(CN)o2)ncc1Br. The van der Waals surface area contributed by atoms with Gasteiger partial charge in [-0.1, -0.05) is 0 Å². The van der Waals surface area contributed by atoms with E-state index in [0.29, 0.717) is 11.6 Å². The second kappa shape index (κ2) is 5.32. The summed E-state index contributed by atoms with van der Waals surface area (Å²) >= 11 is 3.35. The summed E-state index contributed by atoms with van der Waals surface area (Å²) in [7, 11) is 0. The molecule has 0 aliphatic heterocycles. The van der Waals surface area contributed by atoms with Gasteiger partial charge < -0.3 is 15.5 Å². The topological polar surface area (TPSA) is 81.2 Å². The van der Waals surface area contributed by atoms with E-state index >= 15 is 0 Å². The van der Waals surface area contributed by atoms with Crippen molar-refractivity contribution < 1.29 is 9.21 Å². The number of aromatic nitrogens is 1. The maximum Gasteiger partial charge on any atom is 0.292 e. The fourth-order valence-electron chi connectivity index (χ4n) is 1.40. The van der Waals surface area contributed by atoms with Gasteiger partial charge in [0.05, 0.1) is 6.54 Å². The summed E-state index contributed by atoms with van der Waals surface area (Å²) in [4.78, 5) is 15.9. The quantitative estimate of drug-likeness (QED) is 0.912. The third-order valence-corrected chi connectivity index (χ3v) is 3.21. The molecule has 5 nitrogen and oxygen atoms in total. The van der Waals surface area contributed by atoms with Crippen molar-refractivity contribution in [3.63, 3.8) is 0 Å². The summed E-state index contributed by atoms with van der Waals surface area (Å²) in [6, 6.07) is 5.03. The molecule has 0 aliphatic carbocycles. The molecule has 2 aromatic heterocycles. The highest BCUT2D eigenvalue weighted by Crippen LogP contribution is 2.18. The Balaban J connectivity index is 2.13. The van der Waals surface area contributed by atoms with Crippen molar-refractivity contribution in [2.24, 2.45) is 5.73 Å². The van der Waals surface area contributed by atoms with Crippen molar-refractivity contribution in [3.05, 3.63) is 46.0 Å². The van der Waals surface area contributed by atoms with Gasteiger partial charge in [0.1, 0.15) is 11.6 Å². The van der Waals surface area contributed by atoms with E-state index in [4.69, 9.17) is 10.2 Å². The Hall–Kier alpha value is -1.66. The van der Waals surface area contributed by atoms with Crippen molar-refractivity contribution in [1.29, 1.82) is 0 Å². The molecule has 0 aliphatic rings. The van der Waals surface area contributed by atoms with Crippen LogP contribution in [0.1, 0.15) is 21.9 Å². The fraction of sp³-hybridized carbons (Fsp3) is 0.167. The Bertz CT molecular complexity index is 580. The van der Waals surface area contributed by atoms with E-state index in [-0.39, 0.29) is 18.2 Å². The third kappa shape index (κ3) is 2.77. The van der Waals surface area contributed by atoms with E-state index < -0.39 is 0 Å². The number of hydrogen-bond donors (Lipinski definition) is 2. The van der Waals surface area contributed by atoms with Gasteiger partial charge in [0.25, 0.3) is 5.91 Å². The monoisotopic (exact) mass is 309 g/mol. The molecule has 18 heavy (non-hydrogen) atoms. The number of hydrogen-bond acceptors (Lipinski definition) is 4. The van der Waals surface area contributed by atoms with Gasteiger partial charge in [-0.2, -0.15) is 0 Å². The maximum absolute atomic E-state index is 11.8. The smallest absolute Gasteiger partial charge is 0.292 e. The minimum atomic E-state index is -0.344. The van der Waals surface area contributed by atoms with Crippen molar-refractivity contribution >= 4 is 27.7 Å². The molecule has 0 saturated heterocycles.